The normalized spacial score (nSPS) is 19.1. The predicted octanol–water partition coefficient (Wildman–Crippen LogP) is 0.514. The van der Waals surface area contributed by atoms with Gasteiger partial charge in [-0.25, -0.2) is 5.84 Å². The van der Waals surface area contributed by atoms with Crippen LogP contribution in [0.4, 0.5) is 0 Å². The lowest BCUT2D eigenvalue weighted by Crippen LogP contribution is -2.41. The summed E-state index contributed by atoms with van der Waals surface area (Å²) >= 11 is 4.85. The molecule has 0 atom stereocenters. The number of hydrazine groups is 1. The topological polar surface area (TPSA) is 50.1 Å². The van der Waals surface area contributed by atoms with Gasteiger partial charge in [0.15, 0.2) is 5.11 Å². The van der Waals surface area contributed by atoms with E-state index in [0.717, 1.165) is 6.54 Å². The van der Waals surface area contributed by atoms with E-state index in [9.17, 15) is 0 Å². The van der Waals surface area contributed by atoms with Crippen molar-refractivity contribution in [3.63, 3.8) is 0 Å². The SMILES string of the molecule is CCC1(CNC(=S)NN)CC1. The maximum Gasteiger partial charge on any atom is 0.180 e. The molecule has 0 heterocycles. The fraction of sp³-hybridized carbons (Fsp3) is 0.857. The van der Waals surface area contributed by atoms with Crippen LogP contribution in [-0.2, 0) is 0 Å². The molecular weight excluding hydrogens is 158 g/mol. The monoisotopic (exact) mass is 173 g/mol. The van der Waals surface area contributed by atoms with E-state index in [1.165, 1.54) is 19.3 Å². The van der Waals surface area contributed by atoms with Gasteiger partial charge >= 0.3 is 0 Å². The van der Waals surface area contributed by atoms with Gasteiger partial charge in [-0.1, -0.05) is 6.92 Å². The molecule has 1 rings (SSSR count). The Labute approximate surface area is 72.7 Å². The first kappa shape index (κ1) is 8.74. The molecule has 0 aliphatic heterocycles. The second-order valence-corrected chi connectivity index (χ2v) is 3.59. The van der Waals surface area contributed by atoms with Gasteiger partial charge in [0.1, 0.15) is 0 Å². The molecule has 0 aromatic carbocycles. The Morgan fingerprint density at radius 2 is 2.27 bits per heavy atom. The Bertz CT molecular complexity index is 154. The Kier molecular flexibility index (Phi) is 2.67. The Morgan fingerprint density at radius 1 is 1.64 bits per heavy atom. The van der Waals surface area contributed by atoms with Crippen molar-refractivity contribution in [2.24, 2.45) is 11.3 Å². The largest absolute Gasteiger partial charge is 0.361 e. The average molecular weight is 173 g/mol. The fourth-order valence-corrected chi connectivity index (χ4v) is 1.22. The molecule has 1 aliphatic carbocycles. The van der Waals surface area contributed by atoms with Crippen molar-refractivity contribution in [3.8, 4) is 0 Å². The van der Waals surface area contributed by atoms with Crippen molar-refractivity contribution in [2.45, 2.75) is 26.2 Å². The molecule has 0 radical (unpaired) electrons. The molecule has 0 saturated heterocycles. The highest BCUT2D eigenvalue weighted by atomic mass is 32.1. The third-order valence-corrected chi connectivity index (χ3v) is 2.72. The van der Waals surface area contributed by atoms with Gasteiger partial charge in [0.2, 0.25) is 0 Å². The van der Waals surface area contributed by atoms with Gasteiger partial charge in [0, 0.05) is 6.54 Å². The molecule has 1 saturated carbocycles. The van der Waals surface area contributed by atoms with Crippen molar-refractivity contribution in [3.05, 3.63) is 0 Å². The standard InChI is InChI=1S/C7H15N3S/c1-2-7(3-4-7)5-9-6(11)10-8/h2-5,8H2,1H3,(H2,9,10,11). The summed E-state index contributed by atoms with van der Waals surface area (Å²) in [6.07, 6.45) is 3.88. The third-order valence-electron chi connectivity index (χ3n) is 2.46. The van der Waals surface area contributed by atoms with E-state index < -0.39 is 0 Å². The lowest BCUT2D eigenvalue weighted by Gasteiger charge is -2.14. The van der Waals surface area contributed by atoms with Crippen LogP contribution in [0.15, 0.2) is 0 Å². The molecule has 4 heteroatoms. The van der Waals surface area contributed by atoms with Crippen LogP contribution in [0.1, 0.15) is 26.2 Å². The second-order valence-electron chi connectivity index (χ2n) is 3.18. The van der Waals surface area contributed by atoms with Crippen molar-refractivity contribution >= 4 is 17.3 Å². The number of nitrogens with two attached hydrogens (primary N) is 1. The Morgan fingerprint density at radius 3 is 2.64 bits per heavy atom. The van der Waals surface area contributed by atoms with Crippen molar-refractivity contribution in [1.82, 2.24) is 10.7 Å². The summed E-state index contributed by atoms with van der Waals surface area (Å²) in [7, 11) is 0. The van der Waals surface area contributed by atoms with E-state index in [1.54, 1.807) is 0 Å². The summed E-state index contributed by atoms with van der Waals surface area (Å²) in [5.74, 6) is 5.11. The number of nitrogens with one attached hydrogen (secondary N) is 2. The first-order valence-corrected chi connectivity index (χ1v) is 4.38. The number of hydrogen-bond acceptors (Lipinski definition) is 2. The third kappa shape index (κ3) is 2.31. The lowest BCUT2D eigenvalue weighted by molar-refractivity contribution is 0.480. The van der Waals surface area contributed by atoms with E-state index in [4.69, 9.17) is 18.1 Å². The number of thiocarbonyl (C=S) groups is 1. The molecule has 0 aromatic rings. The van der Waals surface area contributed by atoms with Crippen LogP contribution >= 0.6 is 12.2 Å². The van der Waals surface area contributed by atoms with Gasteiger partial charge in [0.25, 0.3) is 0 Å². The highest BCUT2D eigenvalue weighted by molar-refractivity contribution is 7.80. The summed E-state index contributed by atoms with van der Waals surface area (Å²) in [5.41, 5.74) is 2.94. The highest BCUT2D eigenvalue weighted by Gasteiger charge is 2.40. The summed E-state index contributed by atoms with van der Waals surface area (Å²) in [6, 6.07) is 0. The van der Waals surface area contributed by atoms with Crippen LogP contribution in [0.3, 0.4) is 0 Å². The smallest absolute Gasteiger partial charge is 0.180 e. The van der Waals surface area contributed by atoms with Crippen molar-refractivity contribution < 1.29 is 0 Å². The van der Waals surface area contributed by atoms with Gasteiger partial charge < -0.3 is 10.7 Å². The molecule has 0 bridgehead atoms. The van der Waals surface area contributed by atoms with Gasteiger partial charge in [-0.15, -0.1) is 0 Å². The molecule has 4 N–H and O–H groups in total. The maximum atomic E-state index is 5.11. The van der Waals surface area contributed by atoms with E-state index >= 15 is 0 Å². The average Bonchev–Trinajstić information content (AvgIpc) is 2.81. The van der Waals surface area contributed by atoms with Crippen LogP contribution < -0.4 is 16.6 Å². The molecule has 1 aliphatic rings. The van der Waals surface area contributed by atoms with Gasteiger partial charge in [-0.3, -0.25) is 0 Å². The molecule has 0 amide bonds. The second kappa shape index (κ2) is 3.36. The van der Waals surface area contributed by atoms with Crippen LogP contribution in [0.5, 0.6) is 0 Å². The minimum Gasteiger partial charge on any atom is -0.361 e. The molecule has 0 aromatic heterocycles. The molecule has 1 fully saturated rings. The predicted molar refractivity (Wildman–Crippen MR) is 49.9 cm³/mol. The van der Waals surface area contributed by atoms with Crippen LogP contribution in [0.2, 0.25) is 0 Å². The maximum absolute atomic E-state index is 5.11. The van der Waals surface area contributed by atoms with E-state index in [2.05, 4.69) is 17.7 Å². The lowest BCUT2D eigenvalue weighted by atomic mass is 10.0. The quantitative estimate of drug-likeness (QED) is 0.331. The zero-order valence-corrected chi connectivity index (χ0v) is 7.63. The first-order chi connectivity index (χ1) is 5.22. The molecule has 0 spiro atoms. The Hall–Kier alpha value is -0.350. The highest BCUT2D eigenvalue weighted by Crippen LogP contribution is 2.47. The molecule has 11 heavy (non-hydrogen) atoms. The fourth-order valence-electron chi connectivity index (χ4n) is 1.15. The van der Waals surface area contributed by atoms with Crippen LogP contribution in [0, 0.1) is 5.41 Å². The van der Waals surface area contributed by atoms with Gasteiger partial charge in [-0.05, 0) is 36.9 Å². The molecular formula is C7H15N3S. The van der Waals surface area contributed by atoms with E-state index in [0.29, 0.717) is 10.5 Å². The molecule has 0 unspecified atom stereocenters. The number of hydrogen-bond donors (Lipinski definition) is 3. The van der Waals surface area contributed by atoms with Crippen molar-refractivity contribution in [2.75, 3.05) is 6.54 Å². The summed E-state index contributed by atoms with van der Waals surface area (Å²) in [5, 5.41) is 3.63. The van der Waals surface area contributed by atoms with Gasteiger partial charge in [-0.2, -0.15) is 0 Å². The number of rotatable bonds is 3. The Balaban J connectivity index is 2.16. The minimum absolute atomic E-state index is 0.529. The van der Waals surface area contributed by atoms with E-state index in [-0.39, 0.29) is 0 Å². The summed E-state index contributed by atoms with van der Waals surface area (Å²) in [4.78, 5) is 0. The van der Waals surface area contributed by atoms with Crippen LogP contribution in [-0.4, -0.2) is 11.7 Å². The van der Waals surface area contributed by atoms with E-state index in [1.807, 2.05) is 0 Å². The summed E-state index contributed by atoms with van der Waals surface area (Å²) in [6.45, 7) is 3.18. The zero-order valence-electron chi connectivity index (χ0n) is 6.81. The first-order valence-electron chi connectivity index (χ1n) is 3.97. The van der Waals surface area contributed by atoms with Crippen LogP contribution in [0.25, 0.3) is 0 Å². The zero-order chi connectivity index (χ0) is 8.32. The summed E-state index contributed by atoms with van der Waals surface area (Å²) < 4.78 is 0. The molecule has 64 valence electrons. The van der Waals surface area contributed by atoms with Gasteiger partial charge in [0.05, 0.1) is 0 Å². The minimum atomic E-state index is 0.529. The molecule has 3 nitrogen and oxygen atoms in total. The van der Waals surface area contributed by atoms with Crippen molar-refractivity contribution in [1.29, 1.82) is 0 Å².